The van der Waals surface area contributed by atoms with E-state index in [2.05, 4.69) is 10.3 Å². The molecule has 2 aromatic carbocycles. The Bertz CT molecular complexity index is 1020. The van der Waals surface area contributed by atoms with E-state index in [9.17, 15) is 14.9 Å². The molecule has 1 N–H and O–H groups in total. The largest absolute Gasteiger partial charge is 0.497 e. The minimum atomic E-state index is -0.460. The average molecular weight is 399 g/mol. The third-order valence-corrected chi connectivity index (χ3v) is 4.90. The number of aryl methyl sites for hydroxylation is 1. The molecule has 8 nitrogen and oxygen atoms in total. The third-order valence-electron chi connectivity index (χ3n) is 3.99. The monoisotopic (exact) mass is 399 g/mol. The van der Waals surface area contributed by atoms with E-state index >= 15 is 0 Å². The number of carbonyl (C=O) groups is 1. The molecule has 9 heteroatoms. The lowest BCUT2D eigenvalue weighted by atomic mass is 10.1. The zero-order valence-electron chi connectivity index (χ0n) is 15.4. The number of aliphatic imine (C=N–C) groups is 1. The minimum absolute atomic E-state index is 0.00438. The van der Waals surface area contributed by atoms with Crippen molar-refractivity contribution in [2.75, 3.05) is 14.2 Å². The van der Waals surface area contributed by atoms with Crippen molar-refractivity contribution in [1.29, 1.82) is 0 Å². The zero-order valence-corrected chi connectivity index (χ0v) is 16.2. The highest BCUT2D eigenvalue weighted by Crippen LogP contribution is 2.33. The first-order valence-electron chi connectivity index (χ1n) is 8.18. The van der Waals surface area contributed by atoms with Crippen LogP contribution < -0.4 is 14.8 Å². The molecule has 0 atom stereocenters. The van der Waals surface area contributed by atoms with Crippen LogP contribution in [0.3, 0.4) is 0 Å². The van der Waals surface area contributed by atoms with Crippen molar-refractivity contribution in [2.24, 2.45) is 4.99 Å². The molecule has 1 saturated heterocycles. The van der Waals surface area contributed by atoms with Gasteiger partial charge in [-0.05, 0) is 54.6 Å². The Hall–Kier alpha value is -3.33. The third kappa shape index (κ3) is 4.15. The molecule has 0 aliphatic carbocycles. The van der Waals surface area contributed by atoms with Gasteiger partial charge in [-0.15, -0.1) is 0 Å². The molecule has 1 fully saturated rings. The lowest BCUT2D eigenvalue weighted by Crippen LogP contribution is -2.19. The molecule has 28 heavy (non-hydrogen) atoms. The van der Waals surface area contributed by atoms with Crippen LogP contribution >= 0.6 is 11.8 Å². The van der Waals surface area contributed by atoms with Crippen molar-refractivity contribution in [3.05, 3.63) is 62.5 Å². The Kier molecular flexibility index (Phi) is 5.65. The number of methoxy groups -OCH3 is 2. The highest BCUT2D eigenvalue weighted by atomic mass is 32.2. The number of carbonyl (C=O) groups excluding carboxylic acids is 1. The van der Waals surface area contributed by atoms with E-state index in [1.807, 2.05) is 0 Å². The quantitative estimate of drug-likeness (QED) is 0.466. The van der Waals surface area contributed by atoms with Gasteiger partial charge in [0.25, 0.3) is 11.6 Å². The molecule has 1 aliphatic rings. The summed E-state index contributed by atoms with van der Waals surface area (Å²) in [6.07, 6.45) is 1.70. The number of ether oxygens (including phenoxy) is 2. The SMILES string of the molecule is COc1ccc(OC)c(/C=C2/SC(=Nc3ccc([N+](=O)[O-])cc3C)NC2=O)c1. The van der Waals surface area contributed by atoms with E-state index in [1.54, 1.807) is 51.5 Å². The van der Waals surface area contributed by atoms with Crippen LogP contribution in [0.25, 0.3) is 6.08 Å². The van der Waals surface area contributed by atoms with Crippen LogP contribution in [0, 0.1) is 17.0 Å². The van der Waals surface area contributed by atoms with Crippen LogP contribution in [0.2, 0.25) is 0 Å². The molecule has 0 radical (unpaired) electrons. The first-order chi connectivity index (χ1) is 13.4. The average Bonchev–Trinajstić information content (AvgIpc) is 3.02. The van der Waals surface area contributed by atoms with Gasteiger partial charge < -0.3 is 14.8 Å². The van der Waals surface area contributed by atoms with Crippen LogP contribution in [0.5, 0.6) is 11.5 Å². The lowest BCUT2D eigenvalue weighted by molar-refractivity contribution is -0.384. The number of nitro benzene ring substituents is 1. The molecule has 144 valence electrons. The Labute approximate surface area is 165 Å². The van der Waals surface area contributed by atoms with Gasteiger partial charge in [-0.1, -0.05) is 0 Å². The Morgan fingerprint density at radius 1 is 1.18 bits per heavy atom. The van der Waals surface area contributed by atoms with E-state index in [-0.39, 0.29) is 11.6 Å². The first kappa shape index (κ1) is 19.4. The number of thioether (sulfide) groups is 1. The molecule has 0 bridgehead atoms. The Balaban J connectivity index is 1.89. The molecule has 0 saturated carbocycles. The molecule has 0 unspecified atom stereocenters. The van der Waals surface area contributed by atoms with Crippen LogP contribution in [0.4, 0.5) is 11.4 Å². The van der Waals surface area contributed by atoms with Crippen LogP contribution in [-0.2, 0) is 4.79 Å². The van der Waals surface area contributed by atoms with E-state index in [4.69, 9.17) is 9.47 Å². The summed E-state index contributed by atoms with van der Waals surface area (Å²) in [6.45, 7) is 1.73. The molecule has 0 spiro atoms. The molecular formula is C19H17N3O5S. The van der Waals surface area contributed by atoms with Gasteiger partial charge in [0.05, 0.1) is 29.7 Å². The van der Waals surface area contributed by atoms with E-state index in [1.165, 1.54) is 23.9 Å². The van der Waals surface area contributed by atoms with Crippen molar-refractivity contribution in [1.82, 2.24) is 5.32 Å². The van der Waals surface area contributed by atoms with Gasteiger partial charge in [0.1, 0.15) is 11.5 Å². The van der Waals surface area contributed by atoms with Gasteiger partial charge in [0.2, 0.25) is 0 Å². The predicted octanol–water partition coefficient (Wildman–Crippen LogP) is 3.81. The molecule has 1 amide bonds. The zero-order chi connectivity index (χ0) is 20.3. The maximum absolute atomic E-state index is 12.3. The summed E-state index contributed by atoms with van der Waals surface area (Å²) < 4.78 is 10.6. The smallest absolute Gasteiger partial charge is 0.269 e. The second kappa shape index (κ2) is 8.13. The normalized spacial score (nSPS) is 16.3. The number of amidine groups is 1. The number of non-ortho nitro benzene ring substituents is 1. The number of hydrogen-bond acceptors (Lipinski definition) is 7. The summed E-state index contributed by atoms with van der Waals surface area (Å²) >= 11 is 1.18. The number of nitrogens with zero attached hydrogens (tertiary/aromatic N) is 2. The standard InChI is InChI=1S/C19H17N3O5S/c1-11-8-13(22(24)25)4-6-15(11)20-19-21-18(23)17(28-19)10-12-9-14(26-2)5-7-16(12)27-3/h4-10H,1-3H3,(H,20,21,23)/b17-10+. The maximum Gasteiger partial charge on any atom is 0.269 e. The highest BCUT2D eigenvalue weighted by molar-refractivity contribution is 8.18. The van der Waals surface area contributed by atoms with Crippen LogP contribution in [0.1, 0.15) is 11.1 Å². The Morgan fingerprint density at radius 2 is 1.96 bits per heavy atom. The number of rotatable bonds is 5. The minimum Gasteiger partial charge on any atom is -0.497 e. The molecule has 0 aromatic heterocycles. The number of nitro groups is 1. The second-order valence-corrected chi connectivity index (χ2v) is 6.85. The lowest BCUT2D eigenvalue weighted by Gasteiger charge is -2.07. The first-order valence-corrected chi connectivity index (χ1v) is 8.99. The van der Waals surface area contributed by atoms with Gasteiger partial charge in [-0.25, -0.2) is 4.99 Å². The molecule has 3 rings (SSSR count). The van der Waals surface area contributed by atoms with Crippen molar-refractivity contribution in [3.63, 3.8) is 0 Å². The topological polar surface area (TPSA) is 103 Å². The number of amides is 1. The van der Waals surface area contributed by atoms with Crippen LogP contribution in [-0.4, -0.2) is 30.2 Å². The molecule has 2 aromatic rings. The summed E-state index contributed by atoms with van der Waals surface area (Å²) in [5.74, 6) is 0.970. The molecular weight excluding hydrogens is 382 g/mol. The predicted molar refractivity (Wildman–Crippen MR) is 108 cm³/mol. The summed E-state index contributed by atoms with van der Waals surface area (Å²) in [6, 6.07) is 9.69. The van der Waals surface area contributed by atoms with Crippen LogP contribution in [0.15, 0.2) is 46.3 Å². The fourth-order valence-electron chi connectivity index (χ4n) is 2.56. The summed E-state index contributed by atoms with van der Waals surface area (Å²) in [5, 5.41) is 13.9. The Morgan fingerprint density at radius 3 is 2.61 bits per heavy atom. The van der Waals surface area contributed by atoms with Crippen molar-refractivity contribution in [3.8, 4) is 11.5 Å². The van der Waals surface area contributed by atoms with E-state index in [0.717, 1.165) is 0 Å². The number of hydrogen-bond donors (Lipinski definition) is 1. The highest BCUT2D eigenvalue weighted by Gasteiger charge is 2.24. The van der Waals surface area contributed by atoms with Crippen molar-refractivity contribution in [2.45, 2.75) is 6.92 Å². The van der Waals surface area contributed by atoms with Crippen molar-refractivity contribution >= 4 is 40.3 Å². The molecule has 1 heterocycles. The van der Waals surface area contributed by atoms with Gasteiger partial charge in [0, 0.05) is 17.7 Å². The van der Waals surface area contributed by atoms with Gasteiger partial charge in [-0.3, -0.25) is 14.9 Å². The maximum atomic E-state index is 12.3. The summed E-state index contributed by atoms with van der Waals surface area (Å²) in [5.41, 5.74) is 1.89. The van der Waals surface area contributed by atoms with Gasteiger partial charge in [0.15, 0.2) is 5.17 Å². The van der Waals surface area contributed by atoms with E-state index < -0.39 is 4.92 Å². The fourth-order valence-corrected chi connectivity index (χ4v) is 3.39. The second-order valence-electron chi connectivity index (χ2n) is 5.82. The van der Waals surface area contributed by atoms with Gasteiger partial charge >= 0.3 is 0 Å². The van der Waals surface area contributed by atoms with Gasteiger partial charge in [-0.2, -0.15) is 0 Å². The van der Waals surface area contributed by atoms with E-state index in [0.29, 0.717) is 38.4 Å². The number of nitrogens with one attached hydrogen (secondary N) is 1. The number of benzene rings is 2. The summed E-state index contributed by atoms with van der Waals surface area (Å²) in [4.78, 5) is 27.6. The molecule has 1 aliphatic heterocycles. The fraction of sp³-hybridized carbons (Fsp3) is 0.158. The van der Waals surface area contributed by atoms with Crippen molar-refractivity contribution < 1.29 is 19.2 Å². The summed E-state index contributed by atoms with van der Waals surface area (Å²) in [7, 11) is 3.11.